The summed E-state index contributed by atoms with van der Waals surface area (Å²) in [6.45, 7) is 7.40. The fourth-order valence-electron chi connectivity index (χ4n) is 3.61. The summed E-state index contributed by atoms with van der Waals surface area (Å²) in [6.07, 6.45) is 2.18. The number of nitrogens with one attached hydrogen (secondary N) is 1. The normalized spacial score (nSPS) is 13.1. The van der Waals surface area contributed by atoms with Crippen molar-refractivity contribution >= 4 is 39.1 Å². The first-order valence-electron chi connectivity index (χ1n) is 11.3. The molecule has 0 aliphatic rings. The van der Waals surface area contributed by atoms with E-state index in [-0.39, 0.29) is 24.2 Å². The molecule has 2 aromatic rings. The van der Waals surface area contributed by atoms with Gasteiger partial charge < -0.3 is 10.2 Å². The molecular weight excluding hydrogens is 474 g/mol. The molecule has 0 bridgehead atoms. The van der Waals surface area contributed by atoms with Crippen molar-refractivity contribution in [3.8, 4) is 0 Å². The number of hydrogen-bond acceptors (Lipinski definition) is 4. The van der Waals surface area contributed by atoms with E-state index >= 15 is 0 Å². The lowest BCUT2D eigenvalue weighted by molar-refractivity contribution is -0.140. The predicted molar refractivity (Wildman–Crippen MR) is 137 cm³/mol. The Morgan fingerprint density at radius 1 is 1.06 bits per heavy atom. The Bertz CT molecular complexity index is 1110. The van der Waals surface area contributed by atoms with E-state index < -0.39 is 28.5 Å². The second-order valence-corrected chi connectivity index (χ2v) is 10.8. The predicted octanol–water partition coefficient (Wildman–Crippen LogP) is 4.14. The van der Waals surface area contributed by atoms with Gasteiger partial charge in [-0.15, -0.1) is 0 Å². The van der Waals surface area contributed by atoms with Crippen LogP contribution in [0.4, 0.5) is 5.69 Å². The van der Waals surface area contributed by atoms with Gasteiger partial charge in [-0.25, -0.2) is 8.42 Å². The number of nitrogens with zero attached hydrogens (tertiary/aromatic N) is 2. The maximum Gasteiger partial charge on any atom is 0.244 e. The van der Waals surface area contributed by atoms with Crippen molar-refractivity contribution in [2.75, 3.05) is 17.1 Å². The lowest BCUT2D eigenvalue weighted by atomic mass is 10.1. The van der Waals surface area contributed by atoms with Gasteiger partial charge in [-0.1, -0.05) is 61.3 Å². The SMILES string of the molecule is CC[C@@H](C)NC(=O)[C@H](CC)N(Cc1cccc(C)c1)C(=O)CN(c1cccc(Cl)c1)S(C)(=O)=O. The minimum absolute atomic E-state index is 0.0450. The van der Waals surface area contributed by atoms with E-state index in [0.29, 0.717) is 11.4 Å². The number of carbonyl (C=O) groups excluding carboxylic acids is 2. The number of carbonyl (C=O) groups is 2. The van der Waals surface area contributed by atoms with Crippen LogP contribution in [0.1, 0.15) is 44.7 Å². The maximum absolute atomic E-state index is 13.6. The zero-order valence-corrected chi connectivity index (χ0v) is 22.0. The number of aryl methyl sites for hydroxylation is 1. The molecule has 0 aliphatic heterocycles. The Hall–Kier alpha value is -2.58. The third-order valence-electron chi connectivity index (χ3n) is 5.60. The van der Waals surface area contributed by atoms with Gasteiger partial charge in [0.1, 0.15) is 12.6 Å². The van der Waals surface area contributed by atoms with Gasteiger partial charge in [0, 0.05) is 17.6 Å². The molecule has 0 aliphatic carbocycles. The lowest BCUT2D eigenvalue weighted by Crippen LogP contribution is -2.53. The highest BCUT2D eigenvalue weighted by Gasteiger charge is 2.32. The van der Waals surface area contributed by atoms with E-state index in [0.717, 1.165) is 28.1 Å². The summed E-state index contributed by atoms with van der Waals surface area (Å²) >= 11 is 6.07. The Morgan fingerprint density at radius 3 is 2.29 bits per heavy atom. The summed E-state index contributed by atoms with van der Waals surface area (Å²) in [5, 5.41) is 3.31. The first kappa shape index (κ1) is 27.7. The molecular formula is C25H34ClN3O4S. The van der Waals surface area contributed by atoms with Gasteiger partial charge in [0.05, 0.1) is 11.9 Å². The second-order valence-electron chi connectivity index (χ2n) is 8.50. The average molecular weight is 508 g/mol. The highest BCUT2D eigenvalue weighted by atomic mass is 35.5. The molecule has 34 heavy (non-hydrogen) atoms. The van der Waals surface area contributed by atoms with Gasteiger partial charge in [-0.2, -0.15) is 0 Å². The molecule has 0 heterocycles. The smallest absolute Gasteiger partial charge is 0.244 e. The summed E-state index contributed by atoms with van der Waals surface area (Å²) in [6, 6.07) is 13.2. The molecule has 0 spiro atoms. The van der Waals surface area contributed by atoms with Gasteiger partial charge in [-0.3, -0.25) is 13.9 Å². The first-order valence-corrected chi connectivity index (χ1v) is 13.6. The molecule has 186 valence electrons. The molecule has 2 amide bonds. The second kappa shape index (κ2) is 12.2. The molecule has 2 aromatic carbocycles. The molecule has 0 fully saturated rings. The Kier molecular flexibility index (Phi) is 9.94. The van der Waals surface area contributed by atoms with Crippen LogP contribution in [0.25, 0.3) is 0 Å². The third-order valence-corrected chi connectivity index (χ3v) is 6.97. The van der Waals surface area contributed by atoms with Gasteiger partial charge in [0.25, 0.3) is 0 Å². The average Bonchev–Trinajstić information content (AvgIpc) is 2.76. The van der Waals surface area contributed by atoms with Crippen LogP contribution in [0.15, 0.2) is 48.5 Å². The summed E-state index contributed by atoms with van der Waals surface area (Å²) in [7, 11) is -3.79. The minimum atomic E-state index is -3.79. The highest BCUT2D eigenvalue weighted by Crippen LogP contribution is 2.23. The highest BCUT2D eigenvalue weighted by molar-refractivity contribution is 7.92. The summed E-state index contributed by atoms with van der Waals surface area (Å²) in [4.78, 5) is 28.2. The summed E-state index contributed by atoms with van der Waals surface area (Å²) in [5.41, 5.74) is 2.17. The van der Waals surface area contributed by atoms with Crippen LogP contribution in [-0.2, 0) is 26.2 Å². The van der Waals surface area contributed by atoms with Gasteiger partial charge in [-0.05, 0) is 50.5 Å². The zero-order valence-electron chi connectivity index (χ0n) is 20.4. The van der Waals surface area contributed by atoms with E-state index in [9.17, 15) is 18.0 Å². The molecule has 0 saturated heterocycles. The lowest BCUT2D eigenvalue weighted by Gasteiger charge is -2.33. The van der Waals surface area contributed by atoms with Crippen molar-refractivity contribution in [1.29, 1.82) is 0 Å². The summed E-state index contributed by atoms with van der Waals surface area (Å²) < 4.78 is 26.2. The summed E-state index contributed by atoms with van der Waals surface area (Å²) in [5.74, 6) is -0.732. The molecule has 2 atom stereocenters. The van der Waals surface area contributed by atoms with Crippen molar-refractivity contribution < 1.29 is 18.0 Å². The van der Waals surface area contributed by atoms with Gasteiger partial charge in [0.15, 0.2) is 0 Å². The molecule has 2 rings (SSSR count). The van der Waals surface area contributed by atoms with Crippen LogP contribution in [0.3, 0.4) is 0 Å². The number of rotatable bonds is 11. The monoisotopic (exact) mass is 507 g/mol. The largest absolute Gasteiger partial charge is 0.352 e. The van der Waals surface area contributed by atoms with Crippen molar-refractivity contribution in [2.24, 2.45) is 0 Å². The fraction of sp³-hybridized carbons (Fsp3) is 0.440. The number of sulfonamides is 1. The molecule has 0 saturated carbocycles. The molecule has 9 heteroatoms. The van der Waals surface area contributed by atoms with Crippen molar-refractivity contribution in [3.05, 3.63) is 64.7 Å². The third kappa shape index (κ3) is 7.74. The maximum atomic E-state index is 13.6. The van der Waals surface area contributed by atoms with E-state index in [2.05, 4.69) is 5.32 Å². The first-order chi connectivity index (χ1) is 16.0. The van der Waals surface area contributed by atoms with E-state index in [1.807, 2.05) is 52.0 Å². The van der Waals surface area contributed by atoms with Crippen LogP contribution in [-0.4, -0.2) is 50.0 Å². The number of amides is 2. The van der Waals surface area contributed by atoms with E-state index in [1.54, 1.807) is 18.2 Å². The standard InChI is InChI=1S/C25H34ClN3O4S/c1-6-19(4)27-25(31)23(7-2)28(16-20-11-8-10-18(3)14-20)24(30)17-29(34(5,32)33)22-13-9-12-21(26)15-22/h8-15,19,23H,6-7,16-17H2,1-5H3,(H,27,31)/t19-,23+/m1/s1. The Labute approximate surface area is 208 Å². The zero-order chi connectivity index (χ0) is 25.5. The van der Waals surface area contributed by atoms with Crippen LogP contribution in [0.5, 0.6) is 0 Å². The van der Waals surface area contributed by atoms with E-state index in [1.165, 1.54) is 11.0 Å². The molecule has 0 unspecified atom stereocenters. The Balaban J connectivity index is 2.44. The number of anilines is 1. The van der Waals surface area contributed by atoms with Crippen molar-refractivity contribution in [3.63, 3.8) is 0 Å². The topological polar surface area (TPSA) is 86.8 Å². The number of hydrogen-bond donors (Lipinski definition) is 1. The number of benzene rings is 2. The fourth-order valence-corrected chi connectivity index (χ4v) is 4.64. The van der Waals surface area contributed by atoms with Crippen LogP contribution < -0.4 is 9.62 Å². The van der Waals surface area contributed by atoms with Crippen LogP contribution in [0.2, 0.25) is 5.02 Å². The van der Waals surface area contributed by atoms with Crippen LogP contribution in [0, 0.1) is 6.92 Å². The molecule has 0 radical (unpaired) electrons. The Morgan fingerprint density at radius 2 is 1.74 bits per heavy atom. The number of halogens is 1. The van der Waals surface area contributed by atoms with Crippen molar-refractivity contribution in [2.45, 2.75) is 59.2 Å². The van der Waals surface area contributed by atoms with Gasteiger partial charge in [0.2, 0.25) is 21.8 Å². The minimum Gasteiger partial charge on any atom is -0.352 e. The van der Waals surface area contributed by atoms with Gasteiger partial charge >= 0.3 is 0 Å². The quantitative estimate of drug-likeness (QED) is 0.495. The molecule has 0 aromatic heterocycles. The van der Waals surface area contributed by atoms with E-state index in [4.69, 9.17) is 11.6 Å². The van der Waals surface area contributed by atoms with Crippen molar-refractivity contribution in [1.82, 2.24) is 10.2 Å². The molecule has 1 N–H and O–H groups in total. The van der Waals surface area contributed by atoms with Crippen LogP contribution >= 0.6 is 11.6 Å². The molecule has 7 nitrogen and oxygen atoms in total.